The standard InChI is InChI=1S/C7H11NO2S/c1-5(9)6-3-8-7(11-6)4-10-2/h3,5,9H,4H2,1-2H3. The van der Waals surface area contributed by atoms with E-state index in [4.69, 9.17) is 9.84 Å². The van der Waals surface area contributed by atoms with Crippen LogP contribution in [0.2, 0.25) is 0 Å². The maximum Gasteiger partial charge on any atom is 0.119 e. The van der Waals surface area contributed by atoms with E-state index in [1.165, 1.54) is 11.3 Å². The number of rotatable bonds is 3. The fraction of sp³-hybridized carbons (Fsp3) is 0.571. The van der Waals surface area contributed by atoms with E-state index in [2.05, 4.69) is 4.98 Å². The molecule has 1 aromatic heterocycles. The molecule has 0 saturated heterocycles. The van der Waals surface area contributed by atoms with Crippen LogP contribution >= 0.6 is 11.3 Å². The fourth-order valence-electron chi connectivity index (χ4n) is 0.708. The average Bonchev–Trinajstić information content (AvgIpc) is 2.37. The zero-order chi connectivity index (χ0) is 8.27. The SMILES string of the molecule is COCc1ncc(C(C)O)s1. The Labute approximate surface area is 69.7 Å². The van der Waals surface area contributed by atoms with Gasteiger partial charge in [-0.1, -0.05) is 0 Å². The smallest absolute Gasteiger partial charge is 0.119 e. The van der Waals surface area contributed by atoms with Gasteiger partial charge >= 0.3 is 0 Å². The first-order valence-corrected chi connectivity index (χ1v) is 4.17. The van der Waals surface area contributed by atoms with Gasteiger partial charge < -0.3 is 9.84 Å². The number of hydrogen-bond acceptors (Lipinski definition) is 4. The number of aromatic nitrogens is 1. The molecule has 4 heteroatoms. The molecule has 1 aromatic rings. The molecule has 0 amide bonds. The number of methoxy groups -OCH3 is 1. The number of ether oxygens (including phenoxy) is 1. The summed E-state index contributed by atoms with van der Waals surface area (Å²) in [4.78, 5) is 4.95. The van der Waals surface area contributed by atoms with E-state index >= 15 is 0 Å². The van der Waals surface area contributed by atoms with Gasteiger partial charge in [-0.25, -0.2) is 4.98 Å². The minimum Gasteiger partial charge on any atom is -0.388 e. The van der Waals surface area contributed by atoms with Crippen molar-refractivity contribution < 1.29 is 9.84 Å². The van der Waals surface area contributed by atoms with Gasteiger partial charge in [0.25, 0.3) is 0 Å². The van der Waals surface area contributed by atoms with Gasteiger partial charge in [-0.2, -0.15) is 0 Å². The van der Waals surface area contributed by atoms with Crippen LogP contribution in [0.4, 0.5) is 0 Å². The van der Waals surface area contributed by atoms with Gasteiger partial charge in [0.15, 0.2) is 0 Å². The minimum atomic E-state index is -0.418. The highest BCUT2D eigenvalue weighted by Crippen LogP contribution is 2.20. The van der Waals surface area contributed by atoms with Crippen LogP contribution in [-0.4, -0.2) is 17.2 Å². The predicted octanol–water partition coefficient (Wildman–Crippen LogP) is 1.34. The second kappa shape index (κ2) is 3.80. The van der Waals surface area contributed by atoms with E-state index in [1.54, 1.807) is 20.2 Å². The number of thiazole rings is 1. The van der Waals surface area contributed by atoms with E-state index in [1.807, 2.05) is 0 Å². The Morgan fingerprint density at radius 3 is 3.00 bits per heavy atom. The molecule has 0 aliphatic rings. The Morgan fingerprint density at radius 1 is 1.82 bits per heavy atom. The summed E-state index contributed by atoms with van der Waals surface area (Å²) in [6.07, 6.45) is 1.27. The Balaban J connectivity index is 2.66. The second-order valence-electron chi connectivity index (χ2n) is 2.27. The first-order chi connectivity index (χ1) is 5.24. The minimum absolute atomic E-state index is 0.418. The molecule has 3 nitrogen and oxygen atoms in total. The highest BCUT2D eigenvalue weighted by Gasteiger charge is 2.05. The lowest BCUT2D eigenvalue weighted by molar-refractivity contribution is 0.184. The lowest BCUT2D eigenvalue weighted by Crippen LogP contribution is -1.84. The van der Waals surface area contributed by atoms with E-state index in [0.29, 0.717) is 6.61 Å². The maximum atomic E-state index is 9.13. The molecular weight excluding hydrogens is 162 g/mol. The molecule has 1 heterocycles. The van der Waals surface area contributed by atoms with Gasteiger partial charge in [-0.3, -0.25) is 0 Å². The summed E-state index contributed by atoms with van der Waals surface area (Å²) in [6.45, 7) is 2.25. The number of hydrogen-bond donors (Lipinski definition) is 1. The van der Waals surface area contributed by atoms with Crippen molar-refractivity contribution in [3.63, 3.8) is 0 Å². The third kappa shape index (κ3) is 2.25. The Bertz CT molecular complexity index is 222. The summed E-state index contributed by atoms with van der Waals surface area (Å²) < 4.78 is 4.89. The van der Waals surface area contributed by atoms with Gasteiger partial charge in [0.05, 0.1) is 17.6 Å². The highest BCUT2D eigenvalue weighted by atomic mass is 32.1. The molecular formula is C7H11NO2S. The largest absolute Gasteiger partial charge is 0.388 e. The zero-order valence-corrected chi connectivity index (χ0v) is 7.39. The molecule has 0 aliphatic carbocycles. The van der Waals surface area contributed by atoms with Crippen molar-refractivity contribution in [1.82, 2.24) is 4.98 Å². The number of nitrogens with zero attached hydrogens (tertiary/aromatic N) is 1. The summed E-state index contributed by atoms with van der Waals surface area (Å²) in [6, 6.07) is 0. The van der Waals surface area contributed by atoms with Crippen LogP contribution in [0, 0.1) is 0 Å². The molecule has 0 bridgehead atoms. The Morgan fingerprint density at radius 2 is 2.55 bits per heavy atom. The molecule has 0 aliphatic heterocycles. The van der Waals surface area contributed by atoms with Gasteiger partial charge in [-0.05, 0) is 6.92 Å². The van der Waals surface area contributed by atoms with Crippen LogP contribution in [0.1, 0.15) is 22.9 Å². The molecule has 0 spiro atoms. The summed E-state index contributed by atoms with van der Waals surface area (Å²) in [7, 11) is 1.63. The lowest BCUT2D eigenvalue weighted by Gasteiger charge is -1.95. The predicted molar refractivity (Wildman–Crippen MR) is 43.5 cm³/mol. The van der Waals surface area contributed by atoms with E-state index in [-0.39, 0.29) is 0 Å². The van der Waals surface area contributed by atoms with Gasteiger partial charge in [-0.15, -0.1) is 11.3 Å². The third-order valence-corrected chi connectivity index (χ3v) is 2.39. The molecule has 1 unspecified atom stereocenters. The van der Waals surface area contributed by atoms with Crippen LogP contribution in [0.15, 0.2) is 6.20 Å². The van der Waals surface area contributed by atoms with Crippen LogP contribution < -0.4 is 0 Å². The van der Waals surface area contributed by atoms with Crippen molar-refractivity contribution in [2.75, 3.05) is 7.11 Å². The number of aliphatic hydroxyl groups is 1. The van der Waals surface area contributed by atoms with Crippen LogP contribution in [0.25, 0.3) is 0 Å². The van der Waals surface area contributed by atoms with Crippen LogP contribution in [0.5, 0.6) is 0 Å². The molecule has 0 fully saturated rings. The molecule has 1 atom stereocenters. The molecule has 11 heavy (non-hydrogen) atoms. The maximum absolute atomic E-state index is 9.13. The van der Waals surface area contributed by atoms with E-state index in [0.717, 1.165) is 9.88 Å². The fourth-order valence-corrected chi connectivity index (χ4v) is 1.54. The third-order valence-electron chi connectivity index (χ3n) is 1.25. The monoisotopic (exact) mass is 173 g/mol. The Kier molecular flexibility index (Phi) is 2.99. The first kappa shape index (κ1) is 8.64. The van der Waals surface area contributed by atoms with Gasteiger partial charge in [0, 0.05) is 13.3 Å². The van der Waals surface area contributed by atoms with E-state index < -0.39 is 6.10 Å². The van der Waals surface area contributed by atoms with Crippen molar-refractivity contribution in [1.29, 1.82) is 0 Å². The average molecular weight is 173 g/mol. The van der Waals surface area contributed by atoms with Crippen molar-refractivity contribution >= 4 is 11.3 Å². The molecule has 0 saturated carbocycles. The summed E-state index contributed by atoms with van der Waals surface area (Å²) >= 11 is 1.48. The van der Waals surface area contributed by atoms with Crippen molar-refractivity contribution in [3.8, 4) is 0 Å². The lowest BCUT2D eigenvalue weighted by atomic mass is 10.4. The molecule has 62 valence electrons. The summed E-state index contributed by atoms with van der Waals surface area (Å²) in [5.41, 5.74) is 0. The van der Waals surface area contributed by atoms with E-state index in [9.17, 15) is 0 Å². The molecule has 0 radical (unpaired) electrons. The second-order valence-corrected chi connectivity index (χ2v) is 3.41. The highest BCUT2D eigenvalue weighted by molar-refractivity contribution is 7.11. The quantitative estimate of drug-likeness (QED) is 0.750. The summed E-state index contributed by atoms with van der Waals surface area (Å²) in [5.74, 6) is 0. The van der Waals surface area contributed by atoms with Crippen molar-refractivity contribution in [2.45, 2.75) is 19.6 Å². The first-order valence-electron chi connectivity index (χ1n) is 3.35. The van der Waals surface area contributed by atoms with Crippen LogP contribution in [-0.2, 0) is 11.3 Å². The molecule has 0 aromatic carbocycles. The zero-order valence-electron chi connectivity index (χ0n) is 6.57. The summed E-state index contributed by atoms with van der Waals surface area (Å²) in [5, 5.41) is 10.0. The Hall–Kier alpha value is -0.450. The van der Waals surface area contributed by atoms with Gasteiger partial charge in [0.2, 0.25) is 0 Å². The number of aliphatic hydroxyl groups excluding tert-OH is 1. The van der Waals surface area contributed by atoms with Gasteiger partial charge in [0.1, 0.15) is 5.01 Å². The van der Waals surface area contributed by atoms with Crippen molar-refractivity contribution in [3.05, 3.63) is 16.1 Å². The normalized spacial score (nSPS) is 13.4. The molecule has 1 N–H and O–H groups in total. The topological polar surface area (TPSA) is 42.4 Å². The molecule has 1 rings (SSSR count). The van der Waals surface area contributed by atoms with Crippen molar-refractivity contribution in [2.24, 2.45) is 0 Å². The van der Waals surface area contributed by atoms with Crippen LogP contribution in [0.3, 0.4) is 0 Å².